The van der Waals surface area contributed by atoms with Crippen LogP contribution in [-0.2, 0) is 30.1 Å². The van der Waals surface area contributed by atoms with Gasteiger partial charge in [0.25, 0.3) is 5.91 Å². The predicted octanol–water partition coefficient (Wildman–Crippen LogP) is 3.33. The molecule has 1 amide bonds. The lowest BCUT2D eigenvalue weighted by molar-refractivity contribution is -0.247. The molecule has 31 heavy (non-hydrogen) atoms. The summed E-state index contributed by atoms with van der Waals surface area (Å²) in [6, 6.07) is 6.78. The maximum absolute atomic E-state index is 13.3. The lowest BCUT2D eigenvalue weighted by Gasteiger charge is -2.51. The number of Topliss-reactive ketones (excluding diaryl/α,β-unsaturated/α-hetero) is 1. The third kappa shape index (κ3) is 4.23. The molecule has 0 bridgehead atoms. The minimum atomic E-state index is -2.18. The van der Waals surface area contributed by atoms with Crippen molar-refractivity contribution in [2.75, 3.05) is 0 Å². The number of hydrogen-bond acceptors (Lipinski definition) is 6. The fourth-order valence-electron chi connectivity index (χ4n) is 4.28. The lowest BCUT2D eigenvalue weighted by atomic mass is 9.70. The number of hydrogen-bond donors (Lipinski definition) is 0. The summed E-state index contributed by atoms with van der Waals surface area (Å²) in [5.41, 5.74) is 1.62. The van der Waals surface area contributed by atoms with Crippen LogP contribution >= 0.6 is 0 Å². The van der Waals surface area contributed by atoms with Crippen molar-refractivity contribution >= 4 is 32.3 Å². The van der Waals surface area contributed by atoms with E-state index >= 15 is 0 Å². The molecule has 1 heterocycles. The van der Waals surface area contributed by atoms with Crippen molar-refractivity contribution in [1.29, 1.82) is 0 Å². The second-order valence-corrected chi connectivity index (χ2v) is 14.7. The second-order valence-electron chi connectivity index (χ2n) is 9.96. The lowest BCUT2D eigenvalue weighted by Crippen LogP contribution is -2.69. The Morgan fingerprint density at radius 1 is 1.23 bits per heavy atom. The van der Waals surface area contributed by atoms with Crippen molar-refractivity contribution < 1.29 is 28.4 Å². The Labute approximate surface area is 184 Å². The molecule has 1 saturated heterocycles. The van der Waals surface area contributed by atoms with Gasteiger partial charge in [-0.2, -0.15) is 5.06 Å². The van der Waals surface area contributed by atoms with Gasteiger partial charge in [-0.1, -0.05) is 45.0 Å². The molecule has 8 heteroatoms. The normalized spacial score (nSPS) is 24.8. The number of benzene rings is 1. The molecular weight excluding hydrogens is 414 g/mol. The summed E-state index contributed by atoms with van der Waals surface area (Å²) in [7, 11) is -2.18. The van der Waals surface area contributed by atoms with Crippen LogP contribution in [0, 0.1) is 11.8 Å². The molecule has 0 spiro atoms. The van der Waals surface area contributed by atoms with Gasteiger partial charge in [0.15, 0.2) is 14.1 Å². The summed E-state index contributed by atoms with van der Waals surface area (Å²) in [6.07, 6.45) is 0.795. The highest BCUT2D eigenvalue weighted by atomic mass is 28.4. The van der Waals surface area contributed by atoms with Gasteiger partial charge in [-0.15, -0.1) is 0 Å². The third-order valence-electron chi connectivity index (χ3n) is 6.97. The van der Waals surface area contributed by atoms with Gasteiger partial charge in [0.1, 0.15) is 0 Å². The van der Waals surface area contributed by atoms with Crippen molar-refractivity contribution in [3.8, 4) is 0 Å². The van der Waals surface area contributed by atoms with E-state index in [1.807, 2.05) is 25.1 Å². The number of aryl methyl sites for hydroxylation is 1. The number of aldehydes is 1. The van der Waals surface area contributed by atoms with Crippen LogP contribution in [0.4, 0.5) is 0 Å². The first-order valence-corrected chi connectivity index (χ1v) is 13.6. The Morgan fingerprint density at radius 3 is 2.48 bits per heavy atom. The van der Waals surface area contributed by atoms with Crippen LogP contribution in [0.3, 0.4) is 0 Å². The minimum absolute atomic E-state index is 0.0191. The summed E-state index contributed by atoms with van der Waals surface area (Å²) >= 11 is 0. The van der Waals surface area contributed by atoms with Crippen molar-refractivity contribution in [2.24, 2.45) is 11.8 Å². The van der Waals surface area contributed by atoms with E-state index in [-0.39, 0.29) is 17.1 Å². The molecule has 0 N–H and O–H groups in total. The van der Waals surface area contributed by atoms with Crippen molar-refractivity contribution in [1.82, 2.24) is 5.06 Å². The third-order valence-corrected chi connectivity index (χ3v) is 11.5. The fourth-order valence-corrected chi connectivity index (χ4v) is 5.71. The molecule has 168 valence electrons. The number of fused-ring (bicyclic) bond motifs is 1. The summed E-state index contributed by atoms with van der Waals surface area (Å²) in [5, 5.41) is 0.871. The number of carbonyl (C=O) groups is 4. The Bertz CT molecular complexity index is 906. The summed E-state index contributed by atoms with van der Waals surface area (Å²) in [5.74, 6) is -2.80. The first-order chi connectivity index (χ1) is 14.4. The van der Waals surface area contributed by atoms with Gasteiger partial charge in [-0.05, 0) is 43.5 Å². The van der Waals surface area contributed by atoms with Crippen LogP contribution in [0.2, 0.25) is 18.1 Å². The SMILES string of the molecule is C[C@@H](O[Si](C)(C)C(C)(C)C)[C@H]1C(=O)N(OC(=O)C=O)[C@@H]1[C@@H]1CCc2ccccc2C1=O. The second kappa shape index (κ2) is 8.31. The largest absolute Gasteiger partial charge is 0.413 e. The number of amides is 1. The zero-order chi connectivity index (χ0) is 23.1. The van der Waals surface area contributed by atoms with E-state index in [2.05, 4.69) is 33.9 Å². The van der Waals surface area contributed by atoms with Gasteiger partial charge in [0.05, 0.1) is 18.1 Å². The van der Waals surface area contributed by atoms with Crippen LogP contribution in [0.25, 0.3) is 0 Å². The van der Waals surface area contributed by atoms with E-state index in [0.29, 0.717) is 18.4 Å². The van der Waals surface area contributed by atoms with Crippen molar-refractivity contribution in [2.45, 2.75) is 70.8 Å². The van der Waals surface area contributed by atoms with Crippen LogP contribution in [0.1, 0.15) is 50.0 Å². The number of ketones is 1. The van der Waals surface area contributed by atoms with Gasteiger partial charge in [0, 0.05) is 11.5 Å². The van der Waals surface area contributed by atoms with E-state index in [9.17, 15) is 19.2 Å². The standard InChI is InChI=1S/C23H31NO6Si/c1-14(30-31(5,6)23(2,3)4)19-20(24(22(19)28)29-18(26)13-25)17-12-11-15-9-7-8-10-16(15)21(17)27/h7-10,13-14,17,19-20H,11-12H2,1-6H3/t14-,17+,19-,20-/m1/s1. The molecule has 1 aliphatic carbocycles. The van der Waals surface area contributed by atoms with Gasteiger partial charge in [-0.3, -0.25) is 14.4 Å². The highest BCUT2D eigenvalue weighted by Crippen LogP contribution is 2.44. The number of hydroxylamine groups is 2. The van der Waals surface area contributed by atoms with Crippen molar-refractivity contribution in [3.63, 3.8) is 0 Å². The van der Waals surface area contributed by atoms with Gasteiger partial charge < -0.3 is 9.26 Å². The van der Waals surface area contributed by atoms with E-state index in [4.69, 9.17) is 9.26 Å². The zero-order valence-corrected chi connectivity index (χ0v) is 20.0. The summed E-state index contributed by atoms with van der Waals surface area (Å²) < 4.78 is 6.45. The Hall–Kier alpha value is -2.32. The number of β-lactam (4-membered cyclic amide) rings is 1. The Kier molecular flexibility index (Phi) is 6.26. The average molecular weight is 446 g/mol. The molecule has 1 aliphatic heterocycles. The molecule has 1 aromatic rings. The highest BCUT2D eigenvalue weighted by Gasteiger charge is 2.59. The van der Waals surface area contributed by atoms with Crippen molar-refractivity contribution in [3.05, 3.63) is 35.4 Å². The molecule has 1 aromatic carbocycles. The van der Waals surface area contributed by atoms with Gasteiger partial charge in [0.2, 0.25) is 6.29 Å². The maximum atomic E-state index is 13.3. The molecule has 1 fully saturated rings. The van der Waals surface area contributed by atoms with E-state index < -0.39 is 44.2 Å². The van der Waals surface area contributed by atoms with Crippen LogP contribution in [0.15, 0.2) is 24.3 Å². The van der Waals surface area contributed by atoms with Crippen LogP contribution in [-0.4, -0.2) is 49.5 Å². The molecule has 0 aromatic heterocycles. The smallest absolute Gasteiger partial charge is 0.395 e. The minimum Gasteiger partial charge on any atom is -0.413 e. The van der Waals surface area contributed by atoms with Crippen LogP contribution in [0.5, 0.6) is 0 Å². The first-order valence-electron chi connectivity index (χ1n) is 10.7. The number of nitrogens with zero attached hydrogens (tertiary/aromatic N) is 1. The molecule has 0 saturated carbocycles. The fraction of sp³-hybridized carbons (Fsp3) is 0.565. The molecule has 4 atom stereocenters. The molecule has 2 aliphatic rings. The molecule has 0 radical (unpaired) electrons. The number of rotatable bonds is 6. The van der Waals surface area contributed by atoms with E-state index in [1.165, 1.54) is 0 Å². The molecular formula is C23H31NO6Si. The van der Waals surface area contributed by atoms with Gasteiger partial charge in [-0.25, -0.2) is 4.79 Å². The highest BCUT2D eigenvalue weighted by molar-refractivity contribution is 6.74. The summed E-state index contributed by atoms with van der Waals surface area (Å²) in [4.78, 5) is 53.7. The average Bonchev–Trinajstić information content (AvgIpc) is 2.69. The number of carbonyl (C=O) groups excluding carboxylic acids is 4. The van der Waals surface area contributed by atoms with Gasteiger partial charge >= 0.3 is 5.97 Å². The molecule has 0 unspecified atom stereocenters. The predicted molar refractivity (Wildman–Crippen MR) is 117 cm³/mol. The Balaban J connectivity index is 1.90. The first kappa shape index (κ1) is 23.3. The topological polar surface area (TPSA) is 90.0 Å². The Morgan fingerprint density at radius 2 is 1.87 bits per heavy atom. The molecule has 3 rings (SSSR count). The maximum Gasteiger partial charge on any atom is 0.395 e. The zero-order valence-electron chi connectivity index (χ0n) is 19.0. The monoisotopic (exact) mass is 445 g/mol. The van der Waals surface area contributed by atoms with E-state index in [0.717, 1.165) is 10.6 Å². The molecule has 7 nitrogen and oxygen atoms in total. The summed E-state index contributed by atoms with van der Waals surface area (Å²) in [6.45, 7) is 12.4. The van der Waals surface area contributed by atoms with Crippen LogP contribution < -0.4 is 0 Å². The van der Waals surface area contributed by atoms with E-state index in [1.54, 1.807) is 6.07 Å². The quantitative estimate of drug-likeness (QED) is 0.289.